The number of nitrogens with zero attached hydrogens (tertiary/aromatic N) is 2. The molecule has 16 heavy (non-hydrogen) atoms. The summed E-state index contributed by atoms with van der Waals surface area (Å²) in [4.78, 5) is 17.9. The van der Waals surface area contributed by atoms with Gasteiger partial charge in [0.15, 0.2) is 0 Å². The second-order valence-electron chi connectivity index (χ2n) is 4.70. The average molecular weight is 241 g/mol. The monoisotopic (exact) mass is 241 g/mol. The van der Waals surface area contributed by atoms with Gasteiger partial charge >= 0.3 is 0 Å². The van der Waals surface area contributed by atoms with Crippen LogP contribution in [0.1, 0.15) is 24.5 Å². The van der Waals surface area contributed by atoms with Crippen LogP contribution < -0.4 is 5.32 Å². The van der Waals surface area contributed by atoms with Crippen molar-refractivity contribution < 1.29 is 4.79 Å². The van der Waals surface area contributed by atoms with Crippen LogP contribution in [0.15, 0.2) is 5.38 Å². The van der Waals surface area contributed by atoms with Crippen molar-refractivity contribution >= 4 is 17.2 Å². The van der Waals surface area contributed by atoms with E-state index in [1.54, 1.807) is 11.3 Å². The summed E-state index contributed by atoms with van der Waals surface area (Å²) in [6.45, 7) is 6.29. The molecule has 1 rings (SSSR count). The number of hydrogen-bond acceptors (Lipinski definition) is 4. The summed E-state index contributed by atoms with van der Waals surface area (Å²) in [6, 6.07) is 0. The number of amides is 1. The minimum absolute atomic E-state index is 0.0165. The molecule has 1 amide bonds. The van der Waals surface area contributed by atoms with Crippen molar-refractivity contribution in [3.63, 3.8) is 0 Å². The zero-order valence-electron chi connectivity index (χ0n) is 10.5. The number of likely N-dealkylation sites (N-methyl/N-ethyl adjacent to an activating group) is 1. The van der Waals surface area contributed by atoms with Crippen molar-refractivity contribution in [2.45, 2.75) is 26.3 Å². The second-order valence-corrected chi connectivity index (χ2v) is 5.56. The summed E-state index contributed by atoms with van der Waals surface area (Å²) < 4.78 is 0. The van der Waals surface area contributed by atoms with E-state index < -0.39 is 5.54 Å². The van der Waals surface area contributed by atoms with Crippen molar-refractivity contribution in [3.05, 3.63) is 16.1 Å². The minimum atomic E-state index is -0.397. The van der Waals surface area contributed by atoms with Crippen LogP contribution in [-0.2, 0) is 10.3 Å². The Balaban J connectivity index is 2.68. The molecule has 90 valence electrons. The van der Waals surface area contributed by atoms with Crippen molar-refractivity contribution in [1.82, 2.24) is 15.2 Å². The fraction of sp³-hybridized carbons (Fsp3) is 0.636. The van der Waals surface area contributed by atoms with E-state index in [2.05, 4.69) is 10.3 Å². The van der Waals surface area contributed by atoms with E-state index in [9.17, 15) is 4.79 Å². The number of hydrogen-bond donors (Lipinski definition) is 1. The van der Waals surface area contributed by atoms with Gasteiger partial charge in [0.25, 0.3) is 0 Å². The van der Waals surface area contributed by atoms with E-state index >= 15 is 0 Å². The molecular formula is C11H19N3OS. The Morgan fingerprint density at radius 3 is 2.62 bits per heavy atom. The Kier molecular flexibility index (Phi) is 4.04. The van der Waals surface area contributed by atoms with Crippen molar-refractivity contribution in [2.75, 3.05) is 20.6 Å². The summed E-state index contributed by atoms with van der Waals surface area (Å²) in [5.41, 5.74) is 0.599. The molecule has 0 aliphatic heterocycles. The average Bonchev–Trinajstić information content (AvgIpc) is 2.49. The first-order chi connectivity index (χ1) is 7.31. The summed E-state index contributed by atoms with van der Waals surface area (Å²) in [6.07, 6.45) is 0. The molecule has 0 radical (unpaired) electrons. The Hall–Kier alpha value is -0.940. The predicted octanol–water partition coefficient (Wildman–Crippen LogP) is 1.36. The number of thiazole rings is 1. The summed E-state index contributed by atoms with van der Waals surface area (Å²) >= 11 is 1.58. The van der Waals surface area contributed by atoms with Crippen LogP contribution in [0.25, 0.3) is 0 Å². The number of carbonyl (C=O) groups is 1. The molecule has 0 saturated heterocycles. The number of carbonyl (C=O) groups excluding carboxylic acids is 1. The lowest BCUT2D eigenvalue weighted by atomic mass is 10.1. The van der Waals surface area contributed by atoms with E-state index in [0.717, 1.165) is 10.7 Å². The third-order valence-corrected chi connectivity index (χ3v) is 3.35. The van der Waals surface area contributed by atoms with Crippen molar-refractivity contribution in [3.8, 4) is 0 Å². The summed E-state index contributed by atoms with van der Waals surface area (Å²) in [5, 5.41) is 5.92. The molecule has 0 bridgehead atoms. The minimum Gasteiger partial charge on any atom is -0.344 e. The molecule has 0 aliphatic rings. The normalized spacial score (nSPS) is 11.9. The Morgan fingerprint density at radius 2 is 2.19 bits per heavy atom. The lowest BCUT2D eigenvalue weighted by molar-refractivity contribution is -0.123. The lowest BCUT2D eigenvalue weighted by Gasteiger charge is -2.24. The molecule has 5 heteroatoms. The molecule has 0 saturated carbocycles. The molecule has 0 aromatic carbocycles. The number of aromatic nitrogens is 1. The van der Waals surface area contributed by atoms with Gasteiger partial charge in [-0.25, -0.2) is 4.98 Å². The first kappa shape index (κ1) is 13.1. The molecular weight excluding hydrogens is 222 g/mol. The molecule has 1 aromatic heterocycles. The summed E-state index contributed by atoms with van der Waals surface area (Å²) in [7, 11) is 3.75. The quantitative estimate of drug-likeness (QED) is 0.866. The highest BCUT2D eigenvalue weighted by Gasteiger charge is 2.25. The molecule has 0 aliphatic carbocycles. The van der Waals surface area contributed by atoms with Gasteiger partial charge in [0.05, 0.1) is 12.1 Å². The van der Waals surface area contributed by atoms with Crippen molar-refractivity contribution in [1.29, 1.82) is 0 Å². The van der Waals surface area contributed by atoms with Gasteiger partial charge in [-0.3, -0.25) is 4.79 Å². The highest BCUT2D eigenvalue weighted by molar-refractivity contribution is 7.09. The van der Waals surface area contributed by atoms with E-state index in [1.807, 2.05) is 45.1 Å². The van der Waals surface area contributed by atoms with Gasteiger partial charge in [-0.2, -0.15) is 0 Å². The first-order valence-electron chi connectivity index (χ1n) is 5.19. The Labute approximate surface area is 101 Å². The van der Waals surface area contributed by atoms with Gasteiger partial charge in [-0.05, 0) is 34.9 Å². The highest BCUT2D eigenvalue weighted by atomic mass is 32.1. The standard InChI is InChI=1S/C11H19N3OS/c1-8-7-16-10(12-8)11(2,3)13-9(15)6-14(4)5/h7H,6H2,1-5H3,(H,13,15). The maximum atomic E-state index is 11.7. The number of rotatable bonds is 4. The zero-order chi connectivity index (χ0) is 12.3. The summed E-state index contributed by atoms with van der Waals surface area (Å²) in [5.74, 6) is 0.0165. The van der Waals surface area contributed by atoms with Crippen LogP contribution in [0, 0.1) is 6.92 Å². The molecule has 1 heterocycles. The van der Waals surface area contributed by atoms with Gasteiger partial charge in [-0.15, -0.1) is 11.3 Å². The van der Waals surface area contributed by atoms with E-state index in [-0.39, 0.29) is 5.91 Å². The lowest BCUT2D eigenvalue weighted by Crippen LogP contribution is -2.44. The molecule has 0 atom stereocenters. The van der Waals surface area contributed by atoms with Gasteiger partial charge < -0.3 is 10.2 Å². The smallest absolute Gasteiger partial charge is 0.234 e. The number of aryl methyl sites for hydroxylation is 1. The van der Waals surface area contributed by atoms with Crippen LogP contribution in [-0.4, -0.2) is 36.4 Å². The Bertz CT molecular complexity index is 371. The fourth-order valence-corrected chi connectivity index (χ4v) is 2.25. The zero-order valence-corrected chi connectivity index (χ0v) is 11.3. The maximum absolute atomic E-state index is 11.7. The van der Waals surface area contributed by atoms with E-state index in [4.69, 9.17) is 0 Å². The third-order valence-electron chi connectivity index (χ3n) is 2.07. The first-order valence-corrected chi connectivity index (χ1v) is 6.07. The fourth-order valence-electron chi connectivity index (χ4n) is 1.37. The molecule has 4 nitrogen and oxygen atoms in total. The van der Waals surface area contributed by atoms with Crippen LogP contribution in [0.5, 0.6) is 0 Å². The van der Waals surface area contributed by atoms with Gasteiger partial charge in [0, 0.05) is 11.1 Å². The van der Waals surface area contributed by atoms with Crippen molar-refractivity contribution in [2.24, 2.45) is 0 Å². The van der Waals surface area contributed by atoms with Gasteiger partial charge in [-0.1, -0.05) is 0 Å². The van der Waals surface area contributed by atoms with Crippen LogP contribution in [0.3, 0.4) is 0 Å². The Morgan fingerprint density at radius 1 is 1.56 bits per heavy atom. The van der Waals surface area contributed by atoms with Gasteiger partial charge in [0.2, 0.25) is 5.91 Å². The van der Waals surface area contributed by atoms with E-state index in [0.29, 0.717) is 6.54 Å². The molecule has 1 aromatic rings. The van der Waals surface area contributed by atoms with Gasteiger partial charge in [0.1, 0.15) is 5.01 Å². The predicted molar refractivity (Wildman–Crippen MR) is 66.6 cm³/mol. The van der Waals surface area contributed by atoms with Crippen LogP contribution >= 0.6 is 11.3 Å². The van der Waals surface area contributed by atoms with Crippen LogP contribution in [0.2, 0.25) is 0 Å². The highest BCUT2D eigenvalue weighted by Crippen LogP contribution is 2.23. The maximum Gasteiger partial charge on any atom is 0.234 e. The molecule has 0 spiro atoms. The number of nitrogens with one attached hydrogen (secondary N) is 1. The van der Waals surface area contributed by atoms with Crippen LogP contribution in [0.4, 0.5) is 0 Å². The largest absolute Gasteiger partial charge is 0.344 e. The third kappa shape index (κ3) is 3.57. The molecule has 0 unspecified atom stereocenters. The topological polar surface area (TPSA) is 45.2 Å². The SMILES string of the molecule is Cc1csc(C(C)(C)NC(=O)CN(C)C)n1. The van der Waals surface area contributed by atoms with E-state index in [1.165, 1.54) is 0 Å². The second kappa shape index (κ2) is 4.93. The molecule has 0 fully saturated rings. The molecule has 1 N–H and O–H groups in total.